The van der Waals surface area contributed by atoms with E-state index in [1.54, 1.807) is 0 Å². The van der Waals surface area contributed by atoms with Crippen LogP contribution in [0.1, 0.15) is 12.8 Å². The molecular formula is C7H13NO. The van der Waals surface area contributed by atoms with Crippen LogP contribution in [0.15, 0.2) is 0 Å². The summed E-state index contributed by atoms with van der Waals surface area (Å²) in [5.41, 5.74) is 0. The van der Waals surface area contributed by atoms with Gasteiger partial charge in [-0.3, -0.25) is 0 Å². The molecule has 1 saturated heterocycles. The zero-order chi connectivity index (χ0) is 6.43. The number of nitrogens with zero attached hydrogens (tertiary/aromatic N) is 1. The zero-order valence-electron chi connectivity index (χ0n) is 5.75. The van der Waals surface area contributed by atoms with E-state index < -0.39 is 0 Å². The second-order valence-electron chi connectivity index (χ2n) is 3.33. The lowest BCUT2D eigenvalue weighted by atomic mass is 10.1. The Hall–Kier alpha value is -0.0800. The quantitative estimate of drug-likeness (QED) is 0.498. The largest absolute Gasteiger partial charge is 0.391 e. The van der Waals surface area contributed by atoms with Gasteiger partial charge in [0.1, 0.15) is 0 Å². The predicted octanol–water partition coefficient (Wildman–Crippen LogP) is 0.0713. The summed E-state index contributed by atoms with van der Waals surface area (Å²) in [5, 5.41) is 9.46. The third-order valence-electron chi connectivity index (χ3n) is 2.80. The number of aliphatic hydroxyl groups is 1. The van der Waals surface area contributed by atoms with E-state index in [0.29, 0.717) is 12.0 Å². The fourth-order valence-corrected chi connectivity index (χ4v) is 2.23. The van der Waals surface area contributed by atoms with E-state index >= 15 is 0 Å². The second-order valence-corrected chi connectivity index (χ2v) is 3.33. The van der Waals surface area contributed by atoms with E-state index in [0.717, 1.165) is 6.54 Å². The lowest BCUT2D eigenvalue weighted by Crippen LogP contribution is -2.30. The van der Waals surface area contributed by atoms with Crippen LogP contribution >= 0.6 is 0 Å². The highest BCUT2D eigenvalue weighted by atomic mass is 16.3. The van der Waals surface area contributed by atoms with Gasteiger partial charge in [0.05, 0.1) is 6.10 Å². The Morgan fingerprint density at radius 1 is 1.44 bits per heavy atom. The van der Waals surface area contributed by atoms with E-state index in [1.165, 1.54) is 12.8 Å². The molecule has 2 fully saturated rings. The average molecular weight is 127 g/mol. The molecule has 2 aliphatic rings. The molecule has 1 heterocycles. The van der Waals surface area contributed by atoms with E-state index in [9.17, 15) is 5.11 Å². The Balaban J connectivity index is 2.16. The van der Waals surface area contributed by atoms with Crippen LogP contribution in [0.5, 0.6) is 0 Å². The SMILES string of the molecule is CN1CC2CCC1C2O. The van der Waals surface area contributed by atoms with Gasteiger partial charge in [-0.15, -0.1) is 0 Å². The molecule has 1 N–H and O–H groups in total. The van der Waals surface area contributed by atoms with Gasteiger partial charge in [0.25, 0.3) is 0 Å². The minimum atomic E-state index is -0.00463. The van der Waals surface area contributed by atoms with Crippen LogP contribution in [0.2, 0.25) is 0 Å². The molecule has 0 aromatic carbocycles. The number of likely N-dealkylation sites (tertiary alicyclic amines) is 1. The number of hydrogen-bond donors (Lipinski definition) is 1. The summed E-state index contributed by atoms with van der Waals surface area (Å²) in [6, 6.07) is 0.495. The van der Waals surface area contributed by atoms with Gasteiger partial charge in [-0.25, -0.2) is 0 Å². The molecule has 1 aliphatic heterocycles. The molecule has 2 rings (SSSR count). The average Bonchev–Trinajstić information content (AvgIpc) is 2.25. The Bertz CT molecular complexity index is 126. The summed E-state index contributed by atoms with van der Waals surface area (Å²) in [7, 11) is 2.10. The topological polar surface area (TPSA) is 23.5 Å². The lowest BCUT2D eigenvalue weighted by molar-refractivity contribution is 0.133. The standard InChI is InChI=1S/C7H13NO/c1-8-4-5-2-3-6(8)7(5)9/h5-7,9H,2-4H2,1H3. The molecule has 0 aromatic rings. The molecule has 52 valence electrons. The van der Waals surface area contributed by atoms with Crippen LogP contribution in [0.4, 0.5) is 0 Å². The van der Waals surface area contributed by atoms with Gasteiger partial charge in [0.15, 0.2) is 0 Å². The van der Waals surface area contributed by atoms with Crippen LogP contribution < -0.4 is 0 Å². The molecule has 1 aliphatic carbocycles. The van der Waals surface area contributed by atoms with Gasteiger partial charge >= 0.3 is 0 Å². The molecule has 0 radical (unpaired) electrons. The van der Waals surface area contributed by atoms with Crippen LogP contribution in [0, 0.1) is 5.92 Å². The van der Waals surface area contributed by atoms with Crippen molar-refractivity contribution in [1.29, 1.82) is 0 Å². The van der Waals surface area contributed by atoms with Crippen LogP contribution in [-0.4, -0.2) is 35.7 Å². The summed E-state index contributed by atoms with van der Waals surface area (Å²) in [6.07, 6.45) is 2.45. The van der Waals surface area contributed by atoms with E-state index in [-0.39, 0.29) is 6.10 Å². The van der Waals surface area contributed by atoms with E-state index in [1.807, 2.05) is 0 Å². The molecule has 1 saturated carbocycles. The number of rotatable bonds is 0. The maximum Gasteiger partial charge on any atom is 0.0735 e. The third-order valence-corrected chi connectivity index (χ3v) is 2.80. The Kier molecular flexibility index (Phi) is 1.08. The van der Waals surface area contributed by atoms with Crippen molar-refractivity contribution < 1.29 is 5.11 Å². The van der Waals surface area contributed by atoms with Gasteiger partial charge < -0.3 is 10.0 Å². The fraction of sp³-hybridized carbons (Fsp3) is 1.00. The molecule has 2 bridgehead atoms. The molecular weight excluding hydrogens is 114 g/mol. The number of hydrogen-bond acceptors (Lipinski definition) is 2. The summed E-state index contributed by atoms with van der Waals surface area (Å²) in [4.78, 5) is 2.28. The second kappa shape index (κ2) is 1.70. The van der Waals surface area contributed by atoms with Gasteiger partial charge in [-0.05, 0) is 25.8 Å². The van der Waals surface area contributed by atoms with Gasteiger partial charge in [0.2, 0.25) is 0 Å². The highest BCUT2D eigenvalue weighted by Crippen LogP contribution is 2.36. The smallest absolute Gasteiger partial charge is 0.0735 e. The Morgan fingerprint density at radius 3 is 2.44 bits per heavy atom. The highest BCUT2D eigenvalue weighted by Gasteiger charge is 2.43. The maximum atomic E-state index is 9.46. The molecule has 3 atom stereocenters. The van der Waals surface area contributed by atoms with Crippen LogP contribution in [0.3, 0.4) is 0 Å². The first kappa shape index (κ1) is 5.69. The molecule has 0 amide bonds. The minimum absolute atomic E-state index is 0.00463. The van der Waals surface area contributed by atoms with E-state index in [4.69, 9.17) is 0 Å². The first-order chi connectivity index (χ1) is 4.29. The van der Waals surface area contributed by atoms with Crippen molar-refractivity contribution in [2.75, 3.05) is 13.6 Å². The zero-order valence-corrected chi connectivity index (χ0v) is 5.75. The van der Waals surface area contributed by atoms with Crippen molar-refractivity contribution in [3.63, 3.8) is 0 Å². The van der Waals surface area contributed by atoms with Gasteiger partial charge in [-0.1, -0.05) is 0 Å². The molecule has 0 spiro atoms. The Morgan fingerprint density at radius 2 is 2.22 bits per heavy atom. The predicted molar refractivity (Wildman–Crippen MR) is 35.1 cm³/mol. The van der Waals surface area contributed by atoms with Crippen molar-refractivity contribution >= 4 is 0 Å². The van der Waals surface area contributed by atoms with E-state index in [2.05, 4.69) is 11.9 Å². The van der Waals surface area contributed by atoms with Crippen molar-refractivity contribution in [2.24, 2.45) is 5.92 Å². The van der Waals surface area contributed by atoms with Crippen molar-refractivity contribution in [2.45, 2.75) is 25.0 Å². The monoisotopic (exact) mass is 127 g/mol. The normalized spacial score (nSPS) is 50.7. The maximum absolute atomic E-state index is 9.46. The first-order valence-electron chi connectivity index (χ1n) is 3.67. The summed E-state index contributed by atoms with van der Waals surface area (Å²) < 4.78 is 0. The summed E-state index contributed by atoms with van der Waals surface area (Å²) in [6.45, 7) is 1.12. The molecule has 3 unspecified atom stereocenters. The lowest BCUT2D eigenvalue weighted by Gasteiger charge is -2.20. The van der Waals surface area contributed by atoms with Crippen molar-refractivity contribution in [1.82, 2.24) is 4.90 Å². The minimum Gasteiger partial charge on any atom is -0.391 e. The fourth-order valence-electron chi connectivity index (χ4n) is 2.23. The van der Waals surface area contributed by atoms with Crippen molar-refractivity contribution in [3.05, 3.63) is 0 Å². The molecule has 0 aromatic heterocycles. The van der Waals surface area contributed by atoms with Gasteiger partial charge in [-0.2, -0.15) is 0 Å². The summed E-state index contributed by atoms with van der Waals surface area (Å²) in [5.74, 6) is 0.597. The number of fused-ring (bicyclic) bond motifs is 2. The molecule has 9 heavy (non-hydrogen) atoms. The number of aliphatic hydroxyl groups excluding tert-OH is 1. The third kappa shape index (κ3) is 0.634. The molecule has 2 nitrogen and oxygen atoms in total. The van der Waals surface area contributed by atoms with Crippen LogP contribution in [-0.2, 0) is 0 Å². The molecule has 2 heteroatoms. The van der Waals surface area contributed by atoms with Gasteiger partial charge in [0, 0.05) is 12.6 Å². The van der Waals surface area contributed by atoms with Crippen molar-refractivity contribution in [3.8, 4) is 0 Å². The highest BCUT2D eigenvalue weighted by molar-refractivity contribution is 4.97. The summed E-state index contributed by atoms with van der Waals surface area (Å²) >= 11 is 0. The van der Waals surface area contributed by atoms with Crippen LogP contribution in [0.25, 0.3) is 0 Å². The number of piperidine rings is 1. The Labute approximate surface area is 55.5 Å². The first-order valence-corrected chi connectivity index (χ1v) is 3.67. The number of likely N-dealkylation sites (N-methyl/N-ethyl adjacent to an activating group) is 1.